The van der Waals surface area contributed by atoms with Crippen molar-refractivity contribution in [3.63, 3.8) is 0 Å². The highest BCUT2D eigenvalue weighted by Gasteiger charge is 2.52. The van der Waals surface area contributed by atoms with Crippen molar-refractivity contribution >= 4 is 28.4 Å². The van der Waals surface area contributed by atoms with Crippen LogP contribution < -0.4 is 4.90 Å². The van der Waals surface area contributed by atoms with Gasteiger partial charge in [0.15, 0.2) is 0 Å². The lowest BCUT2D eigenvalue weighted by atomic mass is 9.58. The van der Waals surface area contributed by atoms with E-state index in [1.54, 1.807) is 0 Å². The maximum absolute atomic E-state index is 4.40. The molecule has 3 nitrogen and oxygen atoms in total. The zero-order chi connectivity index (χ0) is 13.6. The number of hydrogen-bond acceptors (Lipinski definition) is 4. The van der Waals surface area contributed by atoms with Gasteiger partial charge in [0.25, 0.3) is 0 Å². The van der Waals surface area contributed by atoms with Crippen molar-refractivity contribution in [2.45, 2.75) is 12.8 Å². The Kier molecular flexibility index (Phi) is 2.88. The first-order valence-electron chi connectivity index (χ1n) is 7.22. The molecule has 1 aliphatic heterocycles. The van der Waals surface area contributed by atoms with Crippen LogP contribution in [0.15, 0.2) is 30.7 Å². The van der Waals surface area contributed by atoms with Crippen LogP contribution in [0.2, 0.25) is 0 Å². The third kappa shape index (κ3) is 1.89. The smallest absolute Gasteiger partial charge is 0.0905 e. The molecule has 2 fully saturated rings. The fourth-order valence-corrected chi connectivity index (χ4v) is 4.68. The molecule has 1 spiro atoms. The highest BCUT2D eigenvalue weighted by atomic mass is 32.2. The second-order valence-electron chi connectivity index (χ2n) is 6.31. The van der Waals surface area contributed by atoms with E-state index in [9.17, 15) is 0 Å². The maximum Gasteiger partial charge on any atom is 0.0905 e. The molecule has 0 amide bonds. The lowest BCUT2D eigenvalue weighted by molar-refractivity contribution is 0.0364. The number of anilines is 1. The second-order valence-corrected chi connectivity index (χ2v) is 7.22. The van der Waals surface area contributed by atoms with Crippen molar-refractivity contribution < 1.29 is 0 Å². The van der Waals surface area contributed by atoms with E-state index in [-0.39, 0.29) is 0 Å². The quantitative estimate of drug-likeness (QED) is 0.866. The number of rotatable bonds is 3. The molecule has 0 unspecified atom stereocenters. The summed E-state index contributed by atoms with van der Waals surface area (Å²) in [4.78, 5) is 11.1. The van der Waals surface area contributed by atoms with E-state index in [0.29, 0.717) is 5.41 Å². The Hall–Kier alpha value is -1.29. The van der Waals surface area contributed by atoms with Crippen molar-refractivity contribution in [1.82, 2.24) is 9.97 Å². The molecular weight excluding hydrogens is 266 g/mol. The first-order chi connectivity index (χ1) is 9.80. The summed E-state index contributed by atoms with van der Waals surface area (Å²) < 4.78 is 0. The summed E-state index contributed by atoms with van der Waals surface area (Å²) in [6, 6.07) is 4.23. The van der Waals surface area contributed by atoms with E-state index < -0.39 is 0 Å². The first kappa shape index (κ1) is 12.5. The van der Waals surface area contributed by atoms with Crippen LogP contribution in [0.3, 0.4) is 0 Å². The normalized spacial score (nSPS) is 20.9. The lowest BCUT2D eigenvalue weighted by Crippen LogP contribution is -2.62. The Balaban J connectivity index is 1.50. The molecule has 104 valence electrons. The third-order valence-electron chi connectivity index (χ3n) is 4.76. The Morgan fingerprint density at radius 3 is 2.95 bits per heavy atom. The number of pyridine rings is 2. The largest absolute Gasteiger partial charge is 0.370 e. The lowest BCUT2D eigenvalue weighted by Gasteiger charge is -2.60. The molecule has 0 aromatic carbocycles. The number of nitrogens with zero attached hydrogens (tertiary/aromatic N) is 3. The van der Waals surface area contributed by atoms with Crippen molar-refractivity contribution in [2.75, 3.05) is 30.0 Å². The summed E-state index contributed by atoms with van der Waals surface area (Å²) in [6.07, 6.45) is 10.7. The average Bonchev–Trinajstić information content (AvgIpc) is 2.40. The molecule has 1 aliphatic carbocycles. The highest BCUT2D eigenvalue weighted by molar-refractivity contribution is 7.98. The van der Waals surface area contributed by atoms with Gasteiger partial charge in [-0.25, -0.2) is 0 Å². The first-order valence-corrected chi connectivity index (χ1v) is 8.62. The molecule has 4 heteroatoms. The summed E-state index contributed by atoms with van der Waals surface area (Å²) in [5.74, 6) is 2.30. The molecule has 0 bridgehead atoms. The van der Waals surface area contributed by atoms with Crippen molar-refractivity contribution in [2.24, 2.45) is 11.3 Å². The van der Waals surface area contributed by atoms with Crippen molar-refractivity contribution in [1.29, 1.82) is 0 Å². The van der Waals surface area contributed by atoms with Crippen LogP contribution in [-0.2, 0) is 0 Å². The van der Waals surface area contributed by atoms with Gasteiger partial charge in [0, 0.05) is 42.0 Å². The van der Waals surface area contributed by atoms with Gasteiger partial charge in [0.2, 0.25) is 0 Å². The van der Waals surface area contributed by atoms with Crippen LogP contribution in [0.5, 0.6) is 0 Å². The van der Waals surface area contributed by atoms with Crippen LogP contribution in [0.4, 0.5) is 5.69 Å². The molecule has 1 saturated carbocycles. The Morgan fingerprint density at radius 1 is 1.30 bits per heavy atom. The molecule has 0 N–H and O–H groups in total. The Morgan fingerprint density at radius 2 is 2.15 bits per heavy atom. The second kappa shape index (κ2) is 4.62. The van der Waals surface area contributed by atoms with Crippen LogP contribution in [0.25, 0.3) is 10.9 Å². The van der Waals surface area contributed by atoms with Gasteiger partial charge in [-0.1, -0.05) is 0 Å². The Labute approximate surface area is 123 Å². The van der Waals surface area contributed by atoms with Crippen molar-refractivity contribution in [3.05, 3.63) is 30.7 Å². The molecule has 4 rings (SSSR count). The summed E-state index contributed by atoms with van der Waals surface area (Å²) in [7, 11) is 0. The number of fused-ring (bicyclic) bond motifs is 1. The van der Waals surface area contributed by atoms with Gasteiger partial charge in [-0.15, -0.1) is 0 Å². The van der Waals surface area contributed by atoms with E-state index in [4.69, 9.17) is 0 Å². The minimum absolute atomic E-state index is 0.628. The topological polar surface area (TPSA) is 29.0 Å². The SMILES string of the molecule is CSCC1CC2(C1)CN(c1ccnc3cnccc13)C2. The molecule has 20 heavy (non-hydrogen) atoms. The molecule has 2 aromatic rings. The minimum atomic E-state index is 0.628. The van der Waals surface area contributed by atoms with E-state index in [1.165, 1.54) is 42.8 Å². The Bertz CT molecular complexity index is 623. The van der Waals surface area contributed by atoms with Crippen molar-refractivity contribution in [3.8, 4) is 0 Å². The average molecular weight is 285 g/mol. The fourth-order valence-electron chi connectivity index (χ4n) is 3.97. The summed E-state index contributed by atoms with van der Waals surface area (Å²) in [5, 5.41) is 1.23. The molecule has 1 saturated heterocycles. The molecular formula is C16H19N3S. The van der Waals surface area contributed by atoms with Crippen LogP contribution >= 0.6 is 11.8 Å². The minimum Gasteiger partial charge on any atom is -0.370 e. The monoisotopic (exact) mass is 285 g/mol. The van der Waals surface area contributed by atoms with Gasteiger partial charge in [0.05, 0.1) is 11.7 Å². The van der Waals surface area contributed by atoms with E-state index >= 15 is 0 Å². The highest BCUT2D eigenvalue weighted by Crippen LogP contribution is 2.53. The van der Waals surface area contributed by atoms with E-state index in [2.05, 4.69) is 33.3 Å². The molecule has 2 aromatic heterocycles. The third-order valence-corrected chi connectivity index (χ3v) is 5.57. The van der Waals surface area contributed by atoms with Gasteiger partial charge in [-0.05, 0) is 42.9 Å². The number of aromatic nitrogens is 2. The number of thioether (sulfide) groups is 1. The summed E-state index contributed by atoms with van der Waals surface area (Å²) in [5.41, 5.74) is 2.96. The zero-order valence-electron chi connectivity index (χ0n) is 11.7. The molecule has 0 atom stereocenters. The summed E-state index contributed by atoms with van der Waals surface area (Å²) >= 11 is 1.99. The van der Waals surface area contributed by atoms with E-state index in [1.807, 2.05) is 30.4 Å². The predicted molar refractivity (Wildman–Crippen MR) is 85.3 cm³/mol. The maximum atomic E-state index is 4.40. The van der Waals surface area contributed by atoms with Gasteiger partial charge >= 0.3 is 0 Å². The summed E-state index contributed by atoms with van der Waals surface area (Å²) in [6.45, 7) is 2.44. The van der Waals surface area contributed by atoms with Crippen LogP contribution in [-0.4, -0.2) is 35.1 Å². The van der Waals surface area contributed by atoms with Gasteiger partial charge < -0.3 is 4.90 Å². The molecule has 3 heterocycles. The van der Waals surface area contributed by atoms with E-state index in [0.717, 1.165) is 11.4 Å². The zero-order valence-corrected chi connectivity index (χ0v) is 12.6. The van der Waals surface area contributed by atoms with Crippen LogP contribution in [0.1, 0.15) is 12.8 Å². The number of hydrogen-bond donors (Lipinski definition) is 0. The standard InChI is InChI=1S/C16H19N3S/c1-20-9-12-6-16(7-12)10-19(11-16)15-3-5-18-14-8-17-4-2-13(14)15/h2-5,8,12H,6-7,9-11H2,1H3. The van der Waals surface area contributed by atoms with Gasteiger partial charge in [-0.3, -0.25) is 9.97 Å². The molecule has 2 aliphatic rings. The predicted octanol–water partition coefficient (Wildman–Crippen LogP) is 3.21. The molecule has 0 radical (unpaired) electrons. The van der Waals surface area contributed by atoms with Gasteiger partial charge in [0.1, 0.15) is 0 Å². The van der Waals surface area contributed by atoms with Crippen LogP contribution in [0, 0.1) is 11.3 Å². The van der Waals surface area contributed by atoms with Gasteiger partial charge in [-0.2, -0.15) is 11.8 Å². The fraction of sp³-hybridized carbons (Fsp3) is 0.500.